The Morgan fingerprint density at radius 2 is 1.78 bits per heavy atom. The maximum Gasteiger partial charge on any atom is 0.248 e. The van der Waals surface area contributed by atoms with Crippen LogP contribution in [0.1, 0.15) is 71.6 Å². The van der Waals surface area contributed by atoms with Crippen LogP contribution in [0.15, 0.2) is 0 Å². The van der Waals surface area contributed by atoms with Crippen LogP contribution in [0.25, 0.3) is 0 Å². The number of rotatable bonds is 8. The molecule has 0 aliphatic heterocycles. The second kappa shape index (κ2) is 8.08. The second-order valence-corrected chi connectivity index (χ2v) is 5.75. The van der Waals surface area contributed by atoms with Crippen molar-refractivity contribution >= 4 is 0 Å². The van der Waals surface area contributed by atoms with Crippen LogP contribution in [0.4, 0.5) is 8.78 Å². The molecule has 1 nitrogen and oxygen atoms in total. The molecule has 0 bridgehead atoms. The van der Waals surface area contributed by atoms with Gasteiger partial charge in [-0.15, -0.1) is 0 Å². The highest BCUT2D eigenvalue weighted by Gasteiger charge is 2.37. The molecule has 0 amide bonds. The summed E-state index contributed by atoms with van der Waals surface area (Å²) in [5.74, 6) is -1.93. The minimum absolute atomic E-state index is 0.0930. The topological polar surface area (TPSA) is 12.0 Å². The van der Waals surface area contributed by atoms with Crippen molar-refractivity contribution in [2.45, 2.75) is 83.6 Å². The lowest BCUT2D eigenvalue weighted by Crippen LogP contribution is -2.40. The van der Waals surface area contributed by atoms with Gasteiger partial charge in [0.1, 0.15) is 0 Å². The van der Waals surface area contributed by atoms with Crippen molar-refractivity contribution in [3.63, 3.8) is 0 Å². The monoisotopic (exact) mass is 261 g/mol. The summed E-state index contributed by atoms with van der Waals surface area (Å²) in [5, 5.41) is 3.58. The number of alkyl halides is 2. The predicted molar refractivity (Wildman–Crippen MR) is 73.1 cm³/mol. The Hall–Kier alpha value is -0.180. The van der Waals surface area contributed by atoms with Crippen molar-refractivity contribution < 1.29 is 8.78 Å². The first kappa shape index (κ1) is 15.9. The second-order valence-electron chi connectivity index (χ2n) is 5.75. The summed E-state index contributed by atoms with van der Waals surface area (Å²) >= 11 is 0. The highest BCUT2D eigenvalue weighted by Crippen LogP contribution is 2.38. The average molecular weight is 261 g/mol. The number of nitrogens with one attached hydrogen (secondary N) is 1. The maximum absolute atomic E-state index is 13.2. The SMILES string of the molecule is CCCCCC(NCCC)C1CCC(F)(F)CC1. The van der Waals surface area contributed by atoms with E-state index in [1.54, 1.807) is 0 Å². The molecule has 0 aromatic rings. The van der Waals surface area contributed by atoms with E-state index < -0.39 is 5.92 Å². The smallest absolute Gasteiger partial charge is 0.248 e. The first-order valence-electron chi connectivity index (χ1n) is 7.70. The van der Waals surface area contributed by atoms with E-state index >= 15 is 0 Å². The number of halogens is 2. The fourth-order valence-corrected chi connectivity index (χ4v) is 2.91. The Bertz CT molecular complexity index is 209. The highest BCUT2D eigenvalue weighted by molar-refractivity contribution is 4.84. The molecule has 1 unspecified atom stereocenters. The van der Waals surface area contributed by atoms with Crippen LogP contribution in [-0.2, 0) is 0 Å². The molecule has 1 fully saturated rings. The summed E-state index contributed by atoms with van der Waals surface area (Å²) in [7, 11) is 0. The molecule has 3 heteroatoms. The van der Waals surface area contributed by atoms with Gasteiger partial charge < -0.3 is 5.32 Å². The van der Waals surface area contributed by atoms with E-state index in [1.807, 2.05) is 0 Å². The zero-order valence-electron chi connectivity index (χ0n) is 12.0. The standard InChI is InChI=1S/C15H29F2N/c1-3-5-6-7-14(18-12-4-2)13-8-10-15(16,17)11-9-13/h13-14,18H,3-12H2,1-2H3. The quantitative estimate of drug-likeness (QED) is 0.621. The Morgan fingerprint density at radius 3 is 2.33 bits per heavy atom. The van der Waals surface area contributed by atoms with Gasteiger partial charge in [-0.1, -0.05) is 33.1 Å². The van der Waals surface area contributed by atoms with Crippen molar-refractivity contribution in [2.75, 3.05) is 6.54 Å². The Kier molecular flexibility index (Phi) is 7.13. The molecule has 1 rings (SSSR count). The van der Waals surface area contributed by atoms with Crippen molar-refractivity contribution in [3.05, 3.63) is 0 Å². The van der Waals surface area contributed by atoms with Gasteiger partial charge in [-0.3, -0.25) is 0 Å². The fraction of sp³-hybridized carbons (Fsp3) is 1.00. The van der Waals surface area contributed by atoms with Gasteiger partial charge in [0, 0.05) is 18.9 Å². The lowest BCUT2D eigenvalue weighted by Gasteiger charge is -2.34. The minimum Gasteiger partial charge on any atom is -0.314 e. The molecule has 0 aromatic heterocycles. The normalized spacial score (nSPS) is 22.0. The summed E-state index contributed by atoms with van der Waals surface area (Å²) in [6, 6.07) is 0.465. The molecule has 1 aliphatic carbocycles. The zero-order chi connectivity index (χ0) is 13.4. The van der Waals surface area contributed by atoms with Crippen LogP contribution < -0.4 is 5.32 Å². The van der Waals surface area contributed by atoms with Crippen LogP contribution in [0, 0.1) is 5.92 Å². The van der Waals surface area contributed by atoms with E-state index in [0.29, 0.717) is 24.8 Å². The lowest BCUT2D eigenvalue weighted by atomic mass is 9.80. The first-order chi connectivity index (χ1) is 8.59. The van der Waals surface area contributed by atoms with Crippen LogP contribution in [0.5, 0.6) is 0 Å². The number of unbranched alkanes of at least 4 members (excludes halogenated alkanes) is 2. The summed E-state index contributed by atoms with van der Waals surface area (Å²) < 4.78 is 26.4. The number of hydrogen-bond donors (Lipinski definition) is 1. The van der Waals surface area contributed by atoms with E-state index in [2.05, 4.69) is 19.2 Å². The third-order valence-corrected chi connectivity index (χ3v) is 4.11. The van der Waals surface area contributed by atoms with Gasteiger partial charge in [0.2, 0.25) is 5.92 Å². The molecule has 18 heavy (non-hydrogen) atoms. The highest BCUT2D eigenvalue weighted by atomic mass is 19.3. The maximum atomic E-state index is 13.2. The Morgan fingerprint density at radius 1 is 1.11 bits per heavy atom. The molecular weight excluding hydrogens is 232 g/mol. The molecule has 1 aliphatic rings. The van der Waals surface area contributed by atoms with Crippen LogP contribution in [0.3, 0.4) is 0 Å². The van der Waals surface area contributed by atoms with Gasteiger partial charge in [0.15, 0.2) is 0 Å². The van der Waals surface area contributed by atoms with Gasteiger partial charge >= 0.3 is 0 Å². The molecule has 1 atom stereocenters. The van der Waals surface area contributed by atoms with Crippen LogP contribution in [-0.4, -0.2) is 18.5 Å². The van der Waals surface area contributed by atoms with Gasteiger partial charge in [0.05, 0.1) is 0 Å². The summed E-state index contributed by atoms with van der Waals surface area (Å²) in [6.07, 6.45) is 7.56. The van der Waals surface area contributed by atoms with E-state index in [0.717, 1.165) is 19.4 Å². The summed E-state index contributed by atoms with van der Waals surface area (Å²) in [6.45, 7) is 5.38. The molecule has 0 heterocycles. The molecule has 1 saturated carbocycles. The largest absolute Gasteiger partial charge is 0.314 e. The van der Waals surface area contributed by atoms with Crippen molar-refractivity contribution in [1.29, 1.82) is 0 Å². The first-order valence-corrected chi connectivity index (χ1v) is 7.70. The van der Waals surface area contributed by atoms with Crippen molar-refractivity contribution in [2.24, 2.45) is 5.92 Å². The van der Waals surface area contributed by atoms with Gasteiger partial charge in [-0.05, 0) is 38.1 Å². The number of hydrogen-bond acceptors (Lipinski definition) is 1. The molecular formula is C15H29F2N. The molecule has 0 aromatic carbocycles. The van der Waals surface area contributed by atoms with E-state index in [4.69, 9.17) is 0 Å². The molecule has 1 N–H and O–H groups in total. The molecule has 0 spiro atoms. The van der Waals surface area contributed by atoms with Gasteiger partial charge in [0.25, 0.3) is 0 Å². The molecule has 0 saturated heterocycles. The van der Waals surface area contributed by atoms with Crippen molar-refractivity contribution in [3.8, 4) is 0 Å². The van der Waals surface area contributed by atoms with Crippen molar-refractivity contribution in [1.82, 2.24) is 5.32 Å². The minimum atomic E-state index is -2.39. The third-order valence-electron chi connectivity index (χ3n) is 4.11. The summed E-state index contributed by atoms with van der Waals surface area (Å²) in [5.41, 5.74) is 0. The Labute approximate surface area is 111 Å². The van der Waals surface area contributed by atoms with E-state index in [1.165, 1.54) is 19.3 Å². The van der Waals surface area contributed by atoms with Gasteiger partial charge in [-0.2, -0.15) is 0 Å². The van der Waals surface area contributed by atoms with Crippen LogP contribution in [0.2, 0.25) is 0 Å². The van der Waals surface area contributed by atoms with Gasteiger partial charge in [-0.25, -0.2) is 8.78 Å². The Balaban J connectivity index is 2.38. The van der Waals surface area contributed by atoms with E-state index in [-0.39, 0.29) is 12.8 Å². The summed E-state index contributed by atoms with van der Waals surface area (Å²) in [4.78, 5) is 0. The zero-order valence-corrected chi connectivity index (χ0v) is 12.0. The molecule has 0 radical (unpaired) electrons. The fourth-order valence-electron chi connectivity index (χ4n) is 2.91. The van der Waals surface area contributed by atoms with Crippen LogP contribution >= 0.6 is 0 Å². The van der Waals surface area contributed by atoms with E-state index in [9.17, 15) is 8.78 Å². The third kappa shape index (κ3) is 5.64. The average Bonchev–Trinajstić information content (AvgIpc) is 2.34. The lowest BCUT2D eigenvalue weighted by molar-refractivity contribution is -0.0499. The predicted octanol–water partition coefficient (Wildman–Crippen LogP) is 4.76. The molecule has 108 valence electrons.